The van der Waals surface area contributed by atoms with Crippen LogP contribution in [0.5, 0.6) is 0 Å². The largest absolute Gasteiger partial charge is 0.262 e. The molecular weight excluding hydrogens is 299 g/mol. The third-order valence-corrected chi connectivity index (χ3v) is 9.26. The predicted octanol–water partition coefficient (Wildman–Crippen LogP) is 2.88. The molecule has 0 bridgehead atoms. The van der Waals surface area contributed by atoms with Gasteiger partial charge in [0.1, 0.15) is 0 Å². The van der Waals surface area contributed by atoms with Crippen molar-refractivity contribution in [1.29, 1.82) is 0 Å². The van der Waals surface area contributed by atoms with Gasteiger partial charge in [-0.3, -0.25) is 8.42 Å². The molecule has 0 aromatic heterocycles. The van der Waals surface area contributed by atoms with Crippen molar-refractivity contribution in [3.63, 3.8) is 0 Å². The van der Waals surface area contributed by atoms with Gasteiger partial charge in [-0.05, 0) is 30.4 Å². The highest BCUT2D eigenvalue weighted by molar-refractivity contribution is 7.95. The molecule has 4 heteroatoms. The van der Waals surface area contributed by atoms with Crippen molar-refractivity contribution in [2.75, 3.05) is 18.6 Å². The summed E-state index contributed by atoms with van der Waals surface area (Å²) in [4.78, 5) is 0. The summed E-state index contributed by atoms with van der Waals surface area (Å²) < 4.78 is 23.7. The van der Waals surface area contributed by atoms with Crippen molar-refractivity contribution >= 4 is 27.7 Å². The Hall–Kier alpha value is -1.18. The Morgan fingerprint density at radius 3 is 1.71 bits per heavy atom. The van der Waals surface area contributed by atoms with Gasteiger partial charge in [0.2, 0.25) is 0 Å². The molecule has 0 amide bonds. The van der Waals surface area contributed by atoms with Crippen LogP contribution in [0.2, 0.25) is 0 Å². The lowest BCUT2D eigenvalue weighted by Crippen LogP contribution is -2.25. The van der Waals surface area contributed by atoms with Gasteiger partial charge in [0.15, 0.2) is 0 Å². The highest BCUT2D eigenvalue weighted by Gasteiger charge is 2.34. The van der Waals surface area contributed by atoms with E-state index in [-0.39, 0.29) is 5.75 Å². The van der Waals surface area contributed by atoms with Crippen LogP contribution in [0, 0.1) is 5.75 Å². The monoisotopic (exact) mass is 320 g/mol. The molecule has 0 spiro atoms. The first-order chi connectivity index (χ1) is 9.98. The number of rotatable bonds is 6. The molecule has 21 heavy (non-hydrogen) atoms. The Morgan fingerprint density at radius 1 is 0.905 bits per heavy atom. The SMILES string of the molecule is CCS(=O)(=O)[CH-]C[P+](C)(c1ccccc1)c1ccccc1. The molecule has 2 nitrogen and oxygen atoms in total. The first kappa shape index (κ1) is 16.2. The van der Waals surface area contributed by atoms with Gasteiger partial charge in [-0.2, -0.15) is 5.75 Å². The van der Waals surface area contributed by atoms with Crippen LogP contribution in [0.4, 0.5) is 0 Å². The zero-order chi connectivity index (χ0) is 15.3. The lowest BCUT2D eigenvalue weighted by atomic mass is 10.4. The van der Waals surface area contributed by atoms with E-state index in [2.05, 4.69) is 30.9 Å². The second-order valence-corrected chi connectivity index (χ2v) is 11.2. The number of hydrogen-bond acceptors (Lipinski definition) is 2. The average molecular weight is 320 g/mol. The summed E-state index contributed by atoms with van der Waals surface area (Å²) in [5.41, 5.74) is 0. The maximum Gasteiger partial charge on any atom is 0.0961 e. The first-order valence-electron chi connectivity index (χ1n) is 7.01. The number of sulfone groups is 1. The molecule has 0 saturated carbocycles. The quantitative estimate of drug-likeness (QED) is 0.606. The summed E-state index contributed by atoms with van der Waals surface area (Å²) >= 11 is 0. The van der Waals surface area contributed by atoms with Crippen LogP contribution in [0.25, 0.3) is 0 Å². The van der Waals surface area contributed by atoms with E-state index in [9.17, 15) is 8.42 Å². The Balaban J connectivity index is 2.40. The molecule has 0 aliphatic carbocycles. The second kappa shape index (κ2) is 6.72. The summed E-state index contributed by atoms with van der Waals surface area (Å²) in [5.74, 6) is 1.68. The molecule has 2 rings (SSSR count). The van der Waals surface area contributed by atoms with Crippen LogP contribution in [0.1, 0.15) is 6.92 Å². The molecule has 112 valence electrons. The molecule has 2 aromatic rings. The zero-order valence-corrected chi connectivity index (χ0v) is 14.1. The van der Waals surface area contributed by atoms with E-state index < -0.39 is 17.1 Å². The van der Waals surface area contributed by atoms with E-state index in [4.69, 9.17) is 0 Å². The number of hydrogen-bond donors (Lipinski definition) is 0. The molecule has 0 radical (unpaired) electrons. The van der Waals surface area contributed by atoms with Crippen LogP contribution < -0.4 is 10.6 Å². The maximum absolute atomic E-state index is 11.9. The Labute approximate surface area is 128 Å². The fraction of sp³-hybridized carbons (Fsp3) is 0.235. The van der Waals surface area contributed by atoms with Crippen molar-refractivity contribution in [2.24, 2.45) is 0 Å². The van der Waals surface area contributed by atoms with Crippen LogP contribution in [-0.4, -0.2) is 27.0 Å². The van der Waals surface area contributed by atoms with Crippen molar-refractivity contribution in [3.05, 3.63) is 66.4 Å². The normalized spacial score (nSPS) is 12.3. The lowest BCUT2D eigenvalue weighted by Gasteiger charge is -2.27. The van der Waals surface area contributed by atoms with E-state index in [1.54, 1.807) is 6.92 Å². The van der Waals surface area contributed by atoms with Crippen LogP contribution in [0.15, 0.2) is 60.7 Å². The van der Waals surface area contributed by atoms with Gasteiger partial charge < -0.3 is 0 Å². The fourth-order valence-corrected chi connectivity index (χ4v) is 6.97. The van der Waals surface area contributed by atoms with Crippen molar-refractivity contribution in [1.82, 2.24) is 0 Å². The summed E-state index contributed by atoms with van der Waals surface area (Å²) in [6.07, 6.45) is 0.581. The molecule has 0 heterocycles. The van der Waals surface area contributed by atoms with Gasteiger partial charge in [0.25, 0.3) is 0 Å². The summed E-state index contributed by atoms with van der Waals surface area (Å²) in [5, 5.41) is 2.47. The molecule has 0 saturated heterocycles. The van der Waals surface area contributed by atoms with Crippen LogP contribution in [-0.2, 0) is 9.84 Å². The van der Waals surface area contributed by atoms with E-state index in [1.807, 2.05) is 36.4 Å². The van der Waals surface area contributed by atoms with E-state index in [1.165, 1.54) is 16.4 Å². The highest BCUT2D eigenvalue weighted by atomic mass is 32.2. The van der Waals surface area contributed by atoms with E-state index >= 15 is 0 Å². The van der Waals surface area contributed by atoms with Crippen molar-refractivity contribution < 1.29 is 8.42 Å². The van der Waals surface area contributed by atoms with Crippen molar-refractivity contribution in [2.45, 2.75) is 6.92 Å². The molecule has 0 aliphatic rings. The average Bonchev–Trinajstić information content (AvgIpc) is 2.54. The predicted molar refractivity (Wildman–Crippen MR) is 93.6 cm³/mol. The molecular formula is C17H21O2PS. The Bertz CT molecular complexity index is 627. The minimum Gasteiger partial charge on any atom is -0.262 e. The van der Waals surface area contributed by atoms with Gasteiger partial charge in [0, 0.05) is 22.9 Å². The summed E-state index contributed by atoms with van der Waals surface area (Å²) in [7, 11) is -4.78. The highest BCUT2D eigenvalue weighted by Crippen LogP contribution is 2.53. The third kappa shape index (κ3) is 3.93. The molecule has 0 aliphatic heterocycles. The van der Waals surface area contributed by atoms with Gasteiger partial charge in [-0.25, -0.2) is 0 Å². The molecule has 2 aromatic carbocycles. The van der Waals surface area contributed by atoms with Gasteiger partial charge in [-0.1, -0.05) is 43.3 Å². The molecule has 0 N–H and O–H groups in total. The van der Waals surface area contributed by atoms with Crippen LogP contribution >= 0.6 is 7.26 Å². The standard InChI is InChI=1S/C17H21O2PS/c1-3-21(18,19)15-14-20(2,16-10-6-4-7-11-16)17-12-8-5-9-13-17/h4-13,15H,3,14H2,1-2H3. The van der Waals surface area contributed by atoms with Gasteiger partial charge >= 0.3 is 0 Å². The Morgan fingerprint density at radius 2 is 1.33 bits per heavy atom. The topological polar surface area (TPSA) is 34.1 Å². The fourth-order valence-electron chi connectivity index (χ4n) is 2.25. The maximum atomic E-state index is 11.9. The minimum absolute atomic E-state index is 0.163. The summed E-state index contributed by atoms with van der Waals surface area (Å²) in [6.45, 7) is 3.89. The van der Waals surface area contributed by atoms with Gasteiger partial charge in [-0.15, -0.1) is 0 Å². The molecule has 0 atom stereocenters. The summed E-state index contributed by atoms with van der Waals surface area (Å²) in [6, 6.07) is 20.5. The van der Waals surface area contributed by atoms with E-state index in [0.29, 0.717) is 6.16 Å². The molecule has 0 unspecified atom stereocenters. The van der Waals surface area contributed by atoms with E-state index in [0.717, 1.165) is 0 Å². The minimum atomic E-state index is -3.07. The van der Waals surface area contributed by atoms with Crippen molar-refractivity contribution in [3.8, 4) is 0 Å². The first-order valence-corrected chi connectivity index (χ1v) is 11.1. The smallest absolute Gasteiger partial charge is 0.0961 e. The van der Waals surface area contributed by atoms with Gasteiger partial charge in [0.05, 0.1) is 17.3 Å². The zero-order valence-electron chi connectivity index (χ0n) is 12.4. The number of benzene rings is 2. The molecule has 0 fully saturated rings. The second-order valence-electron chi connectivity index (χ2n) is 5.16. The van der Waals surface area contributed by atoms with Crippen LogP contribution in [0.3, 0.4) is 0 Å². The Kier molecular flexibility index (Phi) is 5.18. The lowest BCUT2D eigenvalue weighted by molar-refractivity contribution is 0.603. The third-order valence-electron chi connectivity index (χ3n) is 3.75.